The van der Waals surface area contributed by atoms with Gasteiger partial charge in [-0.2, -0.15) is 4.98 Å². The van der Waals surface area contributed by atoms with E-state index in [1.807, 2.05) is 45.9 Å². The fourth-order valence-corrected chi connectivity index (χ4v) is 3.11. The number of nitrogens with zero attached hydrogens (tertiary/aromatic N) is 3. The average Bonchev–Trinajstić information content (AvgIpc) is 2.84. The zero-order valence-electron chi connectivity index (χ0n) is 15.1. The molecule has 0 aliphatic rings. The molecule has 136 valence electrons. The van der Waals surface area contributed by atoms with Crippen LogP contribution in [0.4, 0.5) is 5.95 Å². The maximum absolute atomic E-state index is 12.2. The first-order valence-electron chi connectivity index (χ1n) is 8.24. The van der Waals surface area contributed by atoms with Gasteiger partial charge in [0.05, 0.1) is 5.52 Å². The van der Waals surface area contributed by atoms with Gasteiger partial charge < -0.3 is 4.57 Å². The van der Waals surface area contributed by atoms with Crippen molar-refractivity contribution >= 4 is 50.4 Å². The van der Waals surface area contributed by atoms with Gasteiger partial charge in [-0.05, 0) is 30.7 Å². The summed E-state index contributed by atoms with van der Waals surface area (Å²) in [5, 5.41) is 3.06. The maximum Gasteiger partial charge on any atom is 0.232 e. The van der Waals surface area contributed by atoms with Gasteiger partial charge in [0, 0.05) is 22.1 Å². The van der Waals surface area contributed by atoms with Gasteiger partial charge in [0.15, 0.2) is 5.15 Å². The van der Waals surface area contributed by atoms with E-state index >= 15 is 0 Å². The van der Waals surface area contributed by atoms with Crippen molar-refractivity contribution in [3.63, 3.8) is 0 Å². The zero-order chi connectivity index (χ0) is 19.1. The van der Waals surface area contributed by atoms with Gasteiger partial charge in [0.25, 0.3) is 0 Å². The van der Waals surface area contributed by atoms with Crippen molar-refractivity contribution in [2.75, 3.05) is 5.32 Å². The number of anilines is 1. The highest BCUT2D eigenvalue weighted by Gasteiger charge is 2.23. The van der Waals surface area contributed by atoms with Crippen molar-refractivity contribution in [2.45, 2.75) is 34.2 Å². The summed E-state index contributed by atoms with van der Waals surface area (Å²) in [7, 11) is 0. The van der Waals surface area contributed by atoms with E-state index in [-0.39, 0.29) is 11.9 Å². The smallest absolute Gasteiger partial charge is 0.232 e. The molecule has 3 aromatic rings. The Balaban J connectivity index is 1.98. The average molecular weight is 436 g/mol. The van der Waals surface area contributed by atoms with E-state index in [1.54, 1.807) is 0 Å². The number of amides is 1. The summed E-state index contributed by atoms with van der Waals surface area (Å²) in [4.78, 5) is 20.9. The lowest BCUT2D eigenvalue weighted by molar-refractivity contribution is -0.123. The number of fused-ring (bicyclic) bond motifs is 1. The topological polar surface area (TPSA) is 59.8 Å². The molecule has 0 aliphatic carbocycles. The molecule has 0 fully saturated rings. The number of halogens is 2. The van der Waals surface area contributed by atoms with Crippen LogP contribution in [-0.2, 0) is 11.3 Å². The molecule has 7 heteroatoms. The Kier molecular flexibility index (Phi) is 5.08. The third-order valence-corrected chi connectivity index (χ3v) is 4.86. The second kappa shape index (κ2) is 7.00. The molecule has 0 saturated carbocycles. The largest absolute Gasteiger partial charge is 0.337 e. The molecule has 1 N–H and O–H groups in total. The Hall–Kier alpha value is -1.92. The molecule has 1 aromatic carbocycles. The van der Waals surface area contributed by atoms with E-state index in [0.717, 1.165) is 21.2 Å². The summed E-state index contributed by atoms with van der Waals surface area (Å²) in [5.74, 6) is 0.0714. The molecule has 0 bridgehead atoms. The third kappa shape index (κ3) is 3.91. The van der Waals surface area contributed by atoms with E-state index in [4.69, 9.17) is 11.6 Å². The SMILES string of the molecule is Cc1cc2nc(NC(=O)C(C)(C)C)nc(Cl)c2n1Cc1ccc(Br)cc1. The molecular formula is C19H20BrClN4O. The fourth-order valence-electron chi connectivity index (χ4n) is 2.57. The van der Waals surface area contributed by atoms with Gasteiger partial charge in [-0.15, -0.1) is 0 Å². The standard InChI is InChI=1S/C19H20BrClN4O/c1-11-9-14-15(25(11)10-12-5-7-13(20)8-6-12)16(21)23-18(22-14)24-17(26)19(2,3)4/h5-9H,10H2,1-4H3,(H,22,23,24,26). The van der Waals surface area contributed by atoms with Gasteiger partial charge in [-0.25, -0.2) is 4.98 Å². The van der Waals surface area contributed by atoms with Crippen molar-refractivity contribution in [3.8, 4) is 0 Å². The van der Waals surface area contributed by atoms with Crippen LogP contribution in [0.5, 0.6) is 0 Å². The van der Waals surface area contributed by atoms with Crippen molar-refractivity contribution in [1.82, 2.24) is 14.5 Å². The number of nitrogens with one attached hydrogen (secondary N) is 1. The van der Waals surface area contributed by atoms with Crippen LogP contribution in [-0.4, -0.2) is 20.4 Å². The molecular weight excluding hydrogens is 416 g/mol. The van der Waals surface area contributed by atoms with E-state index < -0.39 is 5.41 Å². The van der Waals surface area contributed by atoms with Crippen LogP contribution in [0, 0.1) is 12.3 Å². The van der Waals surface area contributed by atoms with Crippen LogP contribution in [0.1, 0.15) is 32.0 Å². The molecule has 0 radical (unpaired) electrons. The lowest BCUT2D eigenvalue weighted by Crippen LogP contribution is -2.28. The minimum atomic E-state index is -0.534. The molecule has 0 spiro atoms. The highest BCUT2D eigenvalue weighted by atomic mass is 79.9. The van der Waals surface area contributed by atoms with Crippen LogP contribution in [0.2, 0.25) is 5.15 Å². The molecule has 3 rings (SSSR count). The van der Waals surface area contributed by atoms with Crippen molar-refractivity contribution < 1.29 is 4.79 Å². The highest BCUT2D eigenvalue weighted by Crippen LogP contribution is 2.27. The number of benzene rings is 1. The summed E-state index contributed by atoms with van der Waals surface area (Å²) < 4.78 is 3.12. The summed E-state index contributed by atoms with van der Waals surface area (Å²) in [6.45, 7) is 8.17. The molecule has 0 unspecified atom stereocenters. The van der Waals surface area contributed by atoms with Gasteiger partial charge in [-0.1, -0.05) is 60.4 Å². The first kappa shape index (κ1) is 18.9. The van der Waals surface area contributed by atoms with E-state index in [1.165, 1.54) is 0 Å². The van der Waals surface area contributed by atoms with E-state index in [2.05, 4.69) is 47.9 Å². The first-order chi connectivity index (χ1) is 12.1. The lowest BCUT2D eigenvalue weighted by Gasteiger charge is -2.17. The number of hydrogen-bond donors (Lipinski definition) is 1. The molecule has 5 nitrogen and oxygen atoms in total. The van der Waals surface area contributed by atoms with Crippen LogP contribution in [0.15, 0.2) is 34.8 Å². The Morgan fingerprint density at radius 3 is 2.50 bits per heavy atom. The van der Waals surface area contributed by atoms with Crippen LogP contribution in [0.25, 0.3) is 11.0 Å². The summed E-state index contributed by atoms with van der Waals surface area (Å²) in [6, 6.07) is 10.1. The summed E-state index contributed by atoms with van der Waals surface area (Å²) >= 11 is 9.89. The summed E-state index contributed by atoms with van der Waals surface area (Å²) in [6.07, 6.45) is 0. The van der Waals surface area contributed by atoms with Gasteiger partial charge >= 0.3 is 0 Å². The second-order valence-electron chi connectivity index (χ2n) is 7.27. The lowest BCUT2D eigenvalue weighted by atomic mass is 9.96. The van der Waals surface area contributed by atoms with Gasteiger partial charge in [0.2, 0.25) is 11.9 Å². The van der Waals surface area contributed by atoms with Crippen molar-refractivity contribution in [3.05, 3.63) is 51.2 Å². The minimum Gasteiger partial charge on any atom is -0.337 e. The minimum absolute atomic E-state index is 0.154. The number of aromatic nitrogens is 3. The molecule has 2 heterocycles. The first-order valence-corrected chi connectivity index (χ1v) is 9.41. The monoisotopic (exact) mass is 434 g/mol. The van der Waals surface area contributed by atoms with Gasteiger partial charge in [0.1, 0.15) is 5.52 Å². The Bertz CT molecular complexity index is 974. The highest BCUT2D eigenvalue weighted by molar-refractivity contribution is 9.10. The number of rotatable bonds is 3. The summed E-state index contributed by atoms with van der Waals surface area (Å²) in [5.41, 5.74) is 3.12. The number of aryl methyl sites for hydroxylation is 1. The zero-order valence-corrected chi connectivity index (χ0v) is 17.4. The van der Waals surface area contributed by atoms with E-state index in [0.29, 0.717) is 17.2 Å². The molecule has 0 atom stereocenters. The number of carbonyl (C=O) groups excluding carboxylic acids is 1. The number of hydrogen-bond acceptors (Lipinski definition) is 3. The Morgan fingerprint density at radius 2 is 1.88 bits per heavy atom. The Labute approximate surface area is 165 Å². The quantitative estimate of drug-likeness (QED) is 0.576. The molecule has 0 aliphatic heterocycles. The molecule has 0 saturated heterocycles. The van der Waals surface area contributed by atoms with Crippen LogP contribution < -0.4 is 5.32 Å². The second-order valence-corrected chi connectivity index (χ2v) is 8.55. The van der Waals surface area contributed by atoms with Crippen molar-refractivity contribution in [1.29, 1.82) is 0 Å². The number of carbonyl (C=O) groups is 1. The predicted molar refractivity (Wildman–Crippen MR) is 109 cm³/mol. The normalized spacial score (nSPS) is 11.8. The third-order valence-electron chi connectivity index (χ3n) is 4.07. The maximum atomic E-state index is 12.2. The van der Waals surface area contributed by atoms with E-state index in [9.17, 15) is 4.79 Å². The van der Waals surface area contributed by atoms with Crippen LogP contribution in [0.3, 0.4) is 0 Å². The predicted octanol–water partition coefficient (Wildman–Crippen LogP) is 5.19. The molecule has 2 aromatic heterocycles. The molecule has 1 amide bonds. The Morgan fingerprint density at radius 1 is 1.23 bits per heavy atom. The van der Waals surface area contributed by atoms with Crippen molar-refractivity contribution in [2.24, 2.45) is 5.41 Å². The molecule has 26 heavy (non-hydrogen) atoms. The van der Waals surface area contributed by atoms with Crippen LogP contribution >= 0.6 is 27.5 Å². The fraction of sp³-hybridized carbons (Fsp3) is 0.316. The van der Waals surface area contributed by atoms with Gasteiger partial charge in [-0.3, -0.25) is 10.1 Å².